The van der Waals surface area contributed by atoms with E-state index < -0.39 is 11.4 Å². The molecule has 20 heavy (non-hydrogen) atoms. The molecule has 1 unspecified atom stereocenters. The number of aromatic nitrogens is 1. The molecule has 1 saturated heterocycles. The topological polar surface area (TPSA) is 62.5 Å². The largest absolute Gasteiger partial charge is 0.481 e. The quantitative estimate of drug-likeness (QED) is 0.920. The highest BCUT2D eigenvalue weighted by Crippen LogP contribution is 2.37. The highest BCUT2D eigenvalue weighted by atomic mass is 16.4. The van der Waals surface area contributed by atoms with Crippen molar-refractivity contribution >= 4 is 11.9 Å². The monoisotopic (exact) mass is 276 g/mol. The van der Waals surface area contributed by atoms with E-state index in [9.17, 15) is 14.7 Å². The summed E-state index contributed by atoms with van der Waals surface area (Å²) in [5.74, 6) is -0.846. The summed E-state index contributed by atoms with van der Waals surface area (Å²) in [5, 5.41) is 9.34. The molecule has 0 aromatic carbocycles. The maximum atomic E-state index is 12.6. The van der Waals surface area contributed by atoms with Crippen molar-refractivity contribution in [3.8, 4) is 0 Å². The summed E-state index contributed by atoms with van der Waals surface area (Å²) in [6, 6.07) is 4.19. The molecule has 0 spiro atoms. The molecule has 1 aliphatic carbocycles. The van der Waals surface area contributed by atoms with Crippen molar-refractivity contribution in [1.82, 2.24) is 9.47 Å². The number of carbonyl (C=O) groups is 2. The summed E-state index contributed by atoms with van der Waals surface area (Å²) in [7, 11) is 0. The Balaban J connectivity index is 1.80. The second-order valence-electron chi connectivity index (χ2n) is 6.23. The Morgan fingerprint density at radius 3 is 2.80 bits per heavy atom. The lowest BCUT2D eigenvalue weighted by Gasteiger charge is -2.37. The molecule has 0 radical (unpaired) electrons. The molecular formula is C15H20N2O3. The number of piperidine rings is 1. The molecule has 108 valence electrons. The summed E-state index contributed by atoms with van der Waals surface area (Å²) >= 11 is 0. The molecule has 2 fully saturated rings. The Bertz CT molecular complexity index is 547. The van der Waals surface area contributed by atoms with Gasteiger partial charge in [-0.3, -0.25) is 9.59 Å². The maximum absolute atomic E-state index is 12.6. The van der Waals surface area contributed by atoms with Crippen LogP contribution in [-0.2, 0) is 4.79 Å². The fraction of sp³-hybridized carbons (Fsp3) is 0.600. The Hall–Kier alpha value is -1.78. The third-order valence-corrected chi connectivity index (χ3v) is 4.44. The zero-order valence-corrected chi connectivity index (χ0v) is 11.7. The maximum Gasteiger partial charge on any atom is 0.311 e. The van der Waals surface area contributed by atoms with Crippen molar-refractivity contribution in [1.29, 1.82) is 0 Å². The van der Waals surface area contributed by atoms with Crippen LogP contribution >= 0.6 is 0 Å². The van der Waals surface area contributed by atoms with Gasteiger partial charge < -0.3 is 14.6 Å². The van der Waals surface area contributed by atoms with E-state index in [0.717, 1.165) is 19.3 Å². The molecule has 2 heterocycles. The van der Waals surface area contributed by atoms with Crippen LogP contribution in [0.15, 0.2) is 18.3 Å². The summed E-state index contributed by atoms with van der Waals surface area (Å²) in [6.45, 7) is 2.68. The van der Waals surface area contributed by atoms with Crippen LogP contribution in [0.1, 0.15) is 49.1 Å². The minimum atomic E-state index is -0.815. The number of aliphatic carboxylic acids is 1. The van der Waals surface area contributed by atoms with Crippen LogP contribution in [0.3, 0.4) is 0 Å². The van der Waals surface area contributed by atoms with E-state index in [0.29, 0.717) is 31.2 Å². The van der Waals surface area contributed by atoms with Crippen LogP contribution in [0.4, 0.5) is 0 Å². The average molecular weight is 276 g/mol. The predicted octanol–water partition coefficient (Wildman–Crippen LogP) is 2.15. The summed E-state index contributed by atoms with van der Waals surface area (Å²) < 4.78 is 2.04. The first-order valence-electron chi connectivity index (χ1n) is 7.21. The van der Waals surface area contributed by atoms with Crippen LogP contribution in [0.5, 0.6) is 0 Å². The second kappa shape index (κ2) is 4.65. The fourth-order valence-corrected chi connectivity index (χ4v) is 3.00. The average Bonchev–Trinajstić information content (AvgIpc) is 3.15. The van der Waals surface area contributed by atoms with Gasteiger partial charge in [-0.1, -0.05) is 0 Å². The van der Waals surface area contributed by atoms with Gasteiger partial charge in [0, 0.05) is 25.3 Å². The highest BCUT2D eigenvalue weighted by Gasteiger charge is 2.40. The molecule has 1 N–H and O–H groups in total. The number of nitrogens with zero attached hydrogens (tertiary/aromatic N) is 2. The molecule has 1 aromatic rings. The number of hydrogen-bond donors (Lipinski definition) is 1. The number of amides is 1. The Labute approximate surface area is 118 Å². The molecule has 1 aliphatic heterocycles. The molecule has 0 bridgehead atoms. The van der Waals surface area contributed by atoms with Crippen LogP contribution in [0.25, 0.3) is 0 Å². The third kappa shape index (κ3) is 2.21. The number of carbonyl (C=O) groups excluding carboxylic acids is 1. The van der Waals surface area contributed by atoms with Gasteiger partial charge in [0.2, 0.25) is 0 Å². The van der Waals surface area contributed by atoms with Crippen molar-refractivity contribution in [2.75, 3.05) is 13.1 Å². The number of carboxylic acid groups (broad SMARTS) is 1. The zero-order chi connectivity index (χ0) is 14.3. The molecule has 5 nitrogen and oxygen atoms in total. The van der Waals surface area contributed by atoms with E-state index in [2.05, 4.69) is 0 Å². The molecule has 1 saturated carbocycles. The fourth-order valence-electron chi connectivity index (χ4n) is 3.00. The minimum absolute atomic E-state index is 0.0333. The lowest BCUT2D eigenvalue weighted by Crippen LogP contribution is -2.48. The third-order valence-electron chi connectivity index (χ3n) is 4.44. The van der Waals surface area contributed by atoms with Crippen molar-refractivity contribution < 1.29 is 14.7 Å². The summed E-state index contributed by atoms with van der Waals surface area (Å²) in [5.41, 5.74) is -0.118. The number of hydrogen-bond acceptors (Lipinski definition) is 2. The van der Waals surface area contributed by atoms with Crippen LogP contribution in [-0.4, -0.2) is 39.5 Å². The van der Waals surface area contributed by atoms with E-state index in [1.165, 1.54) is 0 Å². The van der Waals surface area contributed by atoms with Gasteiger partial charge in [-0.25, -0.2) is 0 Å². The Morgan fingerprint density at radius 1 is 1.40 bits per heavy atom. The van der Waals surface area contributed by atoms with Gasteiger partial charge >= 0.3 is 5.97 Å². The standard InChI is InChI=1S/C15H20N2O3/c1-15(14(19)20)7-3-8-16(10-15)13(18)12-4-2-9-17(12)11-5-6-11/h2,4,9,11H,3,5-8,10H2,1H3,(H,19,20). The Kier molecular flexibility index (Phi) is 3.07. The lowest BCUT2D eigenvalue weighted by atomic mass is 9.82. The van der Waals surface area contributed by atoms with Crippen molar-refractivity contribution in [3.63, 3.8) is 0 Å². The van der Waals surface area contributed by atoms with Crippen molar-refractivity contribution in [2.45, 2.75) is 38.6 Å². The lowest BCUT2D eigenvalue weighted by molar-refractivity contribution is -0.150. The summed E-state index contributed by atoms with van der Waals surface area (Å²) in [6.07, 6.45) is 5.59. The number of likely N-dealkylation sites (tertiary alicyclic amines) is 1. The Morgan fingerprint density at radius 2 is 2.15 bits per heavy atom. The van der Waals surface area contributed by atoms with Gasteiger partial charge in [-0.05, 0) is 44.7 Å². The van der Waals surface area contributed by atoms with Gasteiger partial charge in [0.1, 0.15) is 5.69 Å². The number of carboxylic acids is 1. The highest BCUT2D eigenvalue weighted by molar-refractivity contribution is 5.93. The predicted molar refractivity (Wildman–Crippen MR) is 73.6 cm³/mol. The summed E-state index contributed by atoms with van der Waals surface area (Å²) in [4.78, 5) is 25.7. The smallest absolute Gasteiger partial charge is 0.311 e. The van der Waals surface area contributed by atoms with Gasteiger partial charge in [-0.2, -0.15) is 0 Å². The first-order valence-corrected chi connectivity index (χ1v) is 7.21. The molecule has 5 heteroatoms. The number of rotatable bonds is 3. The molecule has 2 aliphatic rings. The minimum Gasteiger partial charge on any atom is -0.481 e. The van der Waals surface area contributed by atoms with Crippen molar-refractivity contribution in [2.24, 2.45) is 5.41 Å². The van der Waals surface area contributed by atoms with Gasteiger partial charge in [-0.15, -0.1) is 0 Å². The van der Waals surface area contributed by atoms with E-state index >= 15 is 0 Å². The first-order chi connectivity index (χ1) is 9.51. The molecule has 1 amide bonds. The zero-order valence-electron chi connectivity index (χ0n) is 11.7. The second-order valence-corrected chi connectivity index (χ2v) is 6.23. The van der Waals surface area contributed by atoms with E-state index in [4.69, 9.17) is 0 Å². The van der Waals surface area contributed by atoms with E-state index in [1.54, 1.807) is 11.8 Å². The normalized spacial score (nSPS) is 26.6. The molecule has 3 rings (SSSR count). The van der Waals surface area contributed by atoms with Crippen LogP contribution in [0.2, 0.25) is 0 Å². The van der Waals surface area contributed by atoms with Crippen LogP contribution < -0.4 is 0 Å². The van der Waals surface area contributed by atoms with Gasteiger partial charge in [0.15, 0.2) is 0 Å². The SMILES string of the molecule is CC1(C(=O)O)CCCN(C(=O)c2cccn2C2CC2)C1. The first kappa shape index (κ1) is 13.2. The van der Waals surface area contributed by atoms with Crippen LogP contribution in [0, 0.1) is 5.41 Å². The molecular weight excluding hydrogens is 256 g/mol. The van der Waals surface area contributed by atoms with Crippen molar-refractivity contribution in [3.05, 3.63) is 24.0 Å². The van der Waals surface area contributed by atoms with Gasteiger partial charge in [0.05, 0.1) is 5.41 Å². The molecule has 1 atom stereocenters. The molecule has 1 aromatic heterocycles. The van der Waals surface area contributed by atoms with Gasteiger partial charge in [0.25, 0.3) is 5.91 Å². The van der Waals surface area contributed by atoms with E-state index in [-0.39, 0.29) is 5.91 Å². The van der Waals surface area contributed by atoms with E-state index in [1.807, 2.05) is 22.9 Å².